The van der Waals surface area contributed by atoms with Gasteiger partial charge in [-0.1, -0.05) is 18.2 Å². The smallest absolute Gasteiger partial charge is 0.406 e. The monoisotopic (exact) mass is 447 g/mol. The number of halogens is 3. The van der Waals surface area contributed by atoms with Crippen LogP contribution in [0.2, 0.25) is 0 Å². The number of carbonyl (C=O) groups is 2. The number of ether oxygens (including phenoxy) is 1. The lowest BCUT2D eigenvalue weighted by atomic mass is 10.1. The highest BCUT2D eigenvalue weighted by atomic mass is 19.4. The predicted molar refractivity (Wildman–Crippen MR) is 113 cm³/mol. The largest absolute Gasteiger partial charge is 0.573 e. The second-order valence-corrected chi connectivity index (χ2v) is 8.19. The number of urea groups is 1. The lowest BCUT2D eigenvalue weighted by Gasteiger charge is -2.36. The maximum absolute atomic E-state index is 13.2. The summed E-state index contributed by atoms with van der Waals surface area (Å²) in [7, 11) is 0. The van der Waals surface area contributed by atoms with Crippen LogP contribution in [0.15, 0.2) is 42.5 Å². The number of rotatable bonds is 6. The molecule has 2 aromatic rings. The first-order chi connectivity index (χ1) is 15.2. The molecule has 2 aromatic carbocycles. The fraction of sp³-hybridized carbons (Fsp3) is 0.391. The molecule has 0 bridgehead atoms. The zero-order valence-corrected chi connectivity index (χ0v) is 17.6. The third-order valence-electron chi connectivity index (χ3n) is 5.49. The molecule has 1 heterocycles. The van der Waals surface area contributed by atoms with Gasteiger partial charge in [0.25, 0.3) is 0 Å². The fourth-order valence-electron chi connectivity index (χ4n) is 3.73. The van der Waals surface area contributed by atoms with Crippen molar-refractivity contribution in [2.75, 3.05) is 23.3 Å². The lowest BCUT2D eigenvalue weighted by Crippen LogP contribution is -2.49. The molecule has 0 unspecified atom stereocenters. The number of nitrogens with zero attached hydrogens (tertiary/aromatic N) is 2. The number of benzene rings is 2. The second-order valence-electron chi connectivity index (χ2n) is 8.19. The highest BCUT2D eigenvalue weighted by Gasteiger charge is 2.33. The van der Waals surface area contributed by atoms with Crippen molar-refractivity contribution in [2.24, 2.45) is 5.92 Å². The summed E-state index contributed by atoms with van der Waals surface area (Å²) in [6.07, 6.45) is -2.25. The highest BCUT2D eigenvalue weighted by molar-refractivity contribution is 6.02. The van der Waals surface area contributed by atoms with Crippen molar-refractivity contribution in [2.45, 2.75) is 39.1 Å². The van der Waals surface area contributed by atoms with Gasteiger partial charge in [0, 0.05) is 25.6 Å². The number of carbonyl (C=O) groups excluding carboxylic acids is 2. The molecule has 1 aliphatic carbocycles. The van der Waals surface area contributed by atoms with Gasteiger partial charge in [0.1, 0.15) is 5.75 Å². The minimum absolute atomic E-state index is 0.0284. The Balaban J connectivity index is 1.48. The molecule has 0 atom stereocenters. The van der Waals surface area contributed by atoms with E-state index in [-0.39, 0.29) is 30.2 Å². The molecule has 0 radical (unpaired) electrons. The van der Waals surface area contributed by atoms with Gasteiger partial charge < -0.3 is 15.0 Å². The molecule has 0 spiro atoms. The van der Waals surface area contributed by atoms with E-state index in [1.807, 2.05) is 25.1 Å². The number of anilines is 2. The van der Waals surface area contributed by atoms with Crippen LogP contribution in [0.3, 0.4) is 0 Å². The van der Waals surface area contributed by atoms with Gasteiger partial charge in [-0.3, -0.25) is 9.69 Å². The summed E-state index contributed by atoms with van der Waals surface area (Å²) in [4.78, 5) is 28.8. The van der Waals surface area contributed by atoms with E-state index in [1.165, 1.54) is 24.3 Å². The van der Waals surface area contributed by atoms with Crippen LogP contribution in [-0.4, -0.2) is 36.3 Å². The topological polar surface area (TPSA) is 61.9 Å². The first-order valence-electron chi connectivity index (χ1n) is 10.5. The van der Waals surface area contributed by atoms with Crippen LogP contribution >= 0.6 is 0 Å². The molecule has 170 valence electrons. The Labute approximate surface area is 183 Å². The van der Waals surface area contributed by atoms with Gasteiger partial charge in [0.05, 0.1) is 11.4 Å². The molecule has 1 saturated carbocycles. The van der Waals surface area contributed by atoms with Crippen molar-refractivity contribution >= 4 is 23.3 Å². The molecule has 4 rings (SSSR count). The Kier molecular flexibility index (Phi) is 5.99. The summed E-state index contributed by atoms with van der Waals surface area (Å²) < 4.78 is 40.9. The lowest BCUT2D eigenvalue weighted by molar-refractivity contribution is -0.274. The zero-order chi connectivity index (χ0) is 22.9. The molecule has 6 nitrogen and oxygen atoms in total. The van der Waals surface area contributed by atoms with E-state index in [1.54, 1.807) is 9.80 Å². The number of amides is 3. The summed E-state index contributed by atoms with van der Waals surface area (Å²) >= 11 is 0. The summed E-state index contributed by atoms with van der Waals surface area (Å²) in [5.41, 5.74) is 2.93. The average Bonchev–Trinajstić information content (AvgIpc) is 3.56. The van der Waals surface area contributed by atoms with Crippen molar-refractivity contribution in [1.82, 2.24) is 4.90 Å². The minimum atomic E-state index is -4.74. The van der Waals surface area contributed by atoms with Crippen molar-refractivity contribution in [3.8, 4) is 5.75 Å². The quantitative estimate of drug-likeness (QED) is 0.672. The van der Waals surface area contributed by atoms with Gasteiger partial charge in [-0.25, -0.2) is 4.79 Å². The molecule has 9 heteroatoms. The Morgan fingerprint density at radius 3 is 2.50 bits per heavy atom. The SMILES string of the molecule is Cc1ccc(N2CCCN(Cc3ccc(OC(F)(F)F)cc3)C2=O)c(NC(=O)C2CC2)c1. The van der Waals surface area contributed by atoms with E-state index in [4.69, 9.17) is 0 Å². The van der Waals surface area contributed by atoms with Gasteiger partial charge in [-0.2, -0.15) is 0 Å². The van der Waals surface area contributed by atoms with Crippen LogP contribution < -0.4 is 15.0 Å². The third-order valence-corrected chi connectivity index (χ3v) is 5.49. The van der Waals surface area contributed by atoms with E-state index >= 15 is 0 Å². The van der Waals surface area contributed by atoms with Crippen molar-refractivity contribution < 1.29 is 27.5 Å². The Morgan fingerprint density at radius 2 is 1.84 bits per heavy atom. The number of hydrogen-bond donors (Lipinski definition) is 1. The van der Waals surface area contributed by atoms with Gasteiger partial charge in [-0.15, -0.1) is 13.2 Å². The first kappa shape index (κ1) is 22.0. The van der Waals surface area contributed by atoms with E-state index in [9.17, 15) is 22.8 Å². The molecule has 32 heavy (non-hydrogen) atoms. The molecule has 0 aromatic heterocycles. The number of aryl methyl sites for hydroxylation is 1. The van der Waals surface area contributed by atoms with Crippen LogP contribution in [0.5, 0.6) is 5.75 Å². The van der Waals surface area contributed by atoms with Gasteiger partial charge >= 0.3 is 12.4 Å². The van der Waals surface area contributed by atoms with Crippen LogP contribution in [0.1, 0.15) is 30.4 Å². The van der Waals surface area contributed by atoms with Crippen LogP contribution in [0, 0.1) is 12.8 Å². The molecule has 1 saturated heterocycles. The summed E-state index contributed by atoms with van der Waals surface area (Å²) in [6, 6.07) is 10.9. The fourth-order valence-corrected chi connectivity index (χ4v) is 3.73. The zero-order valence-electron chi connectivity index (χ0n) is 17.6. The van der Waals surface area contributed by atoms with Crippen molar-refractivity contribution in [3.63, 3.8) is 0 Å². The van der Waals surface area contributed by atoms with Gasteiger partial charge in [0.15, 0.2) is 0 Å². The van der Waals surface area contributed by atoms with Crippen LogP contribution in [0.4, 0.5) is 29.3 Å². The number of alkyl halides is 3. The van der Waals surface area contributed by atoms with Crippen LogP contribution in [-0.2, 0) is 11.3 Å². The Hall–Kier alpha value is -3.23. The van der Waals surface area contributed by atoms with E-state index < -0.39 is 6.36 Å². The molecular weight excluding hydrogens is 423 g/mol. The molecule has 3 amide bonds. The number of hydrogen-bond acceptors (Lipinski definition) is 3. The molecular formula is C23H24F3N3O3. The highest BCUT2D eigenvalue weighted by Crippen LogP contribution is 2.34. The van der Waals surface area contributed by atoms with Gasteiger partial charge in [-0.05, 0) is 61.6 Å². The second kappa shape index (κ2) is 8.72. The summed E-state index contributed by atoms with van der Waals surface area (Å²) in [5.74, 6) is -0.288. The molecule has 1 aliphatic heterocycles. The maximum Gasteiger partial charge on any atom is 0.573 e. The maximum atomic E-state index is 13.2. The van der Waals surface area contributed by atoms with Gasteiger partial charge in [0.2, 0.25) is 5.91 Å². The Morgan fingerprint density at radius 1 is 1.12 bits per heavy atom. The van der Waals surface area contributed by atoms with Crippen LogP contribution in [0.25, 0.3) is 0 Å². The van der Waals surface area contributed by atoms with E-state index in [0.717, 1.165) is 24.8 Å². The molecule has 2 fully saturated rings. The number of nitrogens with one attached hydrogen (secondary N) is 1. The standard InChI is InChI=1S/C23H24F3N3O3/c1-15-3-10-20(19(13-15)27-21(30)17-6-7-17)29-12-2-11-28(22(29)31)14-16-4-8-18(9-5-16)32-23(24,25)26/h3-5,8-10,13,17H,2,6-7,11-12,14H2,1H3,(H,27,30). The molecule has 1 N–H and O–H groups in total. The average molecular weight is 447 g/mol. The van der Waals surface area contributed by atoms with E-state index in [2.05, 4.69) is 10.1 Å². The normalized spacial score (nSPS) is 16.8. The Bertz CT molecular complexity index is 1000. The first-order valence-corrected chi connectivity index (χ1v) is 10.5. The summed E-state index contributed by atoms with van der Waals surface area (Å²) in [6.45, 7) is 3.24. The predicted octanol–water partition coefficient (Wildman–Crippen LogP) is 5.07. The third kappa shape index (κ3) is 5.33. The molecule has 2 aliphatic rings. The van der Waals surface area contributed by atoms with Crippen molar-refractivity contribution in [3.05, 3.63) is 53.6 Å². The minimum Gasteiger partial charge on any atom is -0.406 e. The summed E-state index contributed by atoms with van der Waals surface area (Å²) in [5, 5.41) is 2.96. The van der Waals surface area contributed by atoms with Crippen molar-refractivity contribution in [1.29, 1.82) is 0 Å². The van der Waals surface area contributed by atoms with E-state index in [0.29, 0.717) is 30.0 Å².